The molecule has 0 amide bonds. The number of hydrogen-bond acceptors (Lipinski definition) is 2. The van der Waals surface area contributed by atoms with E-state index in [1.807, 2.05) is 0 Å². The van der Waals surface area contributed by atoms with Gasteiger partial charge >= 0.3 is 0 Å². The molecule has 0 saturated heterocycles. The van der Waals surface area contributed by atoms with Crippen molar-refractivity contribution in [2.45, 2.75) is 117 Å². The minimum Gasteiger partial charge on any atom is -0.398 e. The lowest BCUT2D eigenvalue weighted by atomic mass is 9.63. The van der Waals surface area contributed by atoms with Crippen LogP contribution in [0.1, 0.15) is 145 Å². The summed E-state index contributed by atoms with van der Waals surface area (Å²) in [7, 11) is 0. The first-order chi connectivity index (χ1) is 15.0. The van der Waals surface area contributed by atoms with Gasteiger partial charge in [-0.1, -0.05) is 98.9 Å². The molecule has 2 nitrogen and oxygen atoms in total. The van der Waals surface area contributed by atoms with Crippen LogP contribution < -0.4 is 11.5 Å². The molecule has 1 aliphatic carbocycles. The molecule has 3 rings (SSSR count). The smallest absolute Gasteiger partial charge is 0.0384 e. The average Bonchev–Trinajstić information content (AvgIpc) is 2.73. The molecule has 0 heterocycles. The number of anilines is 2. The molecule has 0 unspecified atom stereocenters. The molecule has 0 bridgehead atoms. The van der Waals surface area contributed by atoms with Crippen molar-refractivity contribution in [3.05, 3.63) is 57.6 Å². The number of hydrogen-bond donors (Lipinski definition) is 2. The predicted molar refractivity (Wildman–Crippen MR) is 142 cm³/mol. The molecule has 0 spiro atoms. The van der Waals surface area contributed by atoms with Gasteiger partial charge in [0.05, 0.1) is 0 Å². The fourth-order valence-corrected chi connectivity index (χ4v) is 5.76. The Hall–Kier alpha value is -1.96. The monoisotopic (exact) mass is 434 g/mol. The molecular weight excluding hydrogens is 388 g/mol. The SMILES string of the molecule is CC(C)c1cc(C2(c3cc(C(C)C)c(N)c(C(C)C)c3)CCCCC2)cc(C(C)C)c1N. The second-order valence-electron chi connectivity index (χ2n) is 11.4. The summed E-state index contributed by atoms with van der Waals surface area (Å²) in [6, 6.07) is 9.77. The van der Waals surface area contributed by atoms with E-state index in [0.29, 0.717) is 23.7 Å². The van der Waals surface area contributed by atoms with Crippen LogP contribution in [0.3, 0.4) is 0 Å². The summed E-state index contributed by atoms with van der Waals surface area (Å²) in [5.41, 5.74) is 23.6. The highest BCUT2D eigenvalue weighted by atomic mass is 14.6. The summed E-state index contributed by atoms with van der Waals surface area (Å²) in [5, 5.41) is 0. The molecule has 2 aromatic rings. The van der Waals surface area contributed by atoms with Crippen molar-refractivity contribution in [2.75, 3.05) is 11.5 Å². The summed E-state index contributed by atoms with van der Waals surface area (Å²) in [4.78, 5) is 0. The van der Waals surface area contributed by atoms with Crippen LogP contribution in [-0.2, 0) is 5.41 Å². The van der Waals surface area contributed by atoms with E-state index >= 15 is 0 Å². The Morgan fingerprint density at radius 3 is 1.06 bits per heavy atom. The molecule has 2 aromatic carbocycles. The van der Waals surface area contributed by atoms with Gasteiger partial charge in [0.25, 0.3) is 0 Å². The molecule has 1 fully saturated rings. The van der Waals surface area contributed by atoms with Gasteiger partial charge in [0.2, 0.25) is 0 Å². The van der Waals surface area contributed by atoms with Crippen molar-refractivity contribution in [1.82, 2.24) is 0 Å². The third kappa shape index (κ3) is 4.43. The van der Waals surface area contributed by atoms with Gasteiger partial charge in [0.15, 0.2) is 0 Å². The fraction of sp³-hybridized carbons (Fsp3) is 0.600. The molecule has 0 atom stereocenters. The summed E-state index contributed by atoms with van der Waals surface area (Å²) >= 11 is 0. The van der Waals surface area contributed by atoms with Gasteiger partial charge in [-0.3, -0.25) is 0 Å². The lowest BCUT2D eigenvalue weighted by Gasteiger charge is -2.41. The zero-order valence-corrected chi connectivity index (χ0v) is 21.8. The van der Waals surface area contributed by atoms with Gasteiger partial charge in [-0.15, -0.1) is 0 Å². The quantitative estimate of drug-likeness (QED) is 0.447. The Balaban J connectivity index is 2.35. The second kappa shape index (κ2) is 9.49. The predicted octanol–water partition coefficient (Wildman–Crippen LogP) is 8.59. The first-order valence-corrected chi connectivity index (χ1v) is 12.9. The van der Waals surface area contributed by atoms with Gasteiger partial charge in [0, 0.05) is 16.8 Å². The third-order valence-corrected chi connectivity index (χ3v) is 7.79. The zero-order chi connectivity index (χ0) is 23.8. The first-order valence-electron chi connectivity index (χ1n) is 12.9. The molecule has 4 N–H and O–H groups in total. The van der Waals surface area contributed by atoms with Crippen LogP contribution >= 0.6 is 0 Å². The van der Waals surface area contributed by atoms with E-state index in [9.17, 15) is 0 Å². The summed E-state index contributed by atoms with van der Waals surface area (Å²) in [6.07, 6.45) is 6.28. The van der Waals surface area contributed by atoms with Crippen LogP contribution in [0.25, 0.3) is 0 Å². The van der Waals surface area contributed by atoms with Crippen LogP contribution in [0.2, 0.25) is 0 Å². The van der Waals surface area contributed by atoms with E-state index in [1.54, 1.807) is 0 Å². The highest BCUT2D eigenvalue weighted by Gasteiger charge is 2.38. The maximum Gasteiger partial charge on any atom is 0.0384 e. The van der Waals surface area contributed by atoms with Crippen LogP contribution in [0, 0.1) is 0 Å². The number of rotatable bonds is 6. The minimum absolute atomic E-state index is 0.0419. The van der Waals surface area contributed by atoms with Crippen LogP contribution in [0.4, 0.5) is 11.4 Å². The van der Waals surface area contributed by atoms with Gasteiger partial charge in [-0.2, -0.15) is 0 Å². The average molecular weight is 435 g/mol. The maximum absolute atomic E-state index is 6.70. The lowest BCUT2D eigenvalue weighted by Crippen LogP contribution is -2.32. The van der Waals surface area contributed by atoms with E-state index in [0.717, 1.165) is 11.4 Å². The Labute approximate surface area is 197 Å². The highest BCUT2D eigenvalue weighted by Crippen LogP contribution is 2.49. The first kappa shape index (κ1) is 24.7. The Morgan fingerprint density at radius 2 is 0.812 bits per heavy atom. The molecular formula is C30H46N2. The largest absolute Gasteiger partial charge is 0.398 e. The topological polar surface area (TPSA) is 52.0 Å². The van der Waals surface area contributed by atoms with E-state index in [-0.39, 0.29) is 5.41 Å². The van der Waals surface area contributed by atoms with Crippen molar-refractivity contribution in [2.24, 2.45) is 0 Å². The molecule has 2 heteroatoms. The highest BCUT2D eigenvalue weighted by molar-refractivity contribution is 5.63. The van der Waals surface area contributed by atoms with E-state index in [2.05, 4.69) is 79.7 Å². The van der Waals surface area contributed by atoms with E-state index in [1.165, 1.54) is 65.5 Å². The number of benzene rings is 2. The molecule has 0 aromatic heterocycles. The number of nitrogens with two attached hydrogens (primary N) is 2. The minimum atomic E-state index is 0.0419. The molecule has 0 aliphatic heterocycles. The maximum atomic E-state index is 6.70. The van der Waals surface area contributed by atoms with Gasteiger partial charge in [-0.05, 0) is 69.9 Å². The van der Waals surface area contributed by atoms with Crippen molar-refractivity contribution >= 4 is 11.4 Å². The lowest BCUT2D eigenvalue weighted by molar-refractivity contribution is 0.345. The molecule has 176 valence electrons. The standard InChI is InChI=1S/C30H46N2/c1-18(2)24-14-22(15-25(19(3)4)28(24)31)30(12-10-9-11-13-30)23-16-26(20(5)6)29(32)27(17-23)21(7)8/h14-21H,9-13,31-32H2,1-8H3. The summed E-state index contributed by atoms with van der Waals surface area (Å²) < 4.78 is 0. The zero-order valence-electron chi connectivity index (χ0n) is 21.8. The van der Waals surface area contributed by atoms with E-state index < -0.39 is 0 Å². The Morgan fingerprint density at radius 1 is 0.531 bits per heavy atom. The molecule has 1 aliphatic rings. The van der Waals surface area contributed by atoms with Gasteiger partial charge < -0.3 is 11.5 Å². The molecule has 0 radical (unpaired) electrons. The second-order valence-corrected chi connectivity index (χ2v) is 11.4. The van der Waals surface area contributed by atoms with Crippen molar-refractivity contribution in [3.63, 3.8) is 0 Å². The van der Waals surface area contributed by atoms with Crippen molar-refractivity contribution in [3.8, 4) is 0 Å². The Bertz CT molecular complexity index is 814. The summed E-state index contributed by atoms with van der Waals surface area (Å²) in [5.74, 6) is 1.66. The van der Waals surface area contributed by atoms with Gasteiger partial charge in [0.1, 0.15) is 0 Å². The number of nitrogen functional groups attached to an aromatic ring is 2. The fourth-order valence-electron chi connectivity index (χ4n) is 5.76. The van der Waals surface area contributed by atoms with Crippen LogP contribution in [-0.4, -0.2) is 0 Å². The van der Waals surface area contributed by atoms with Crippen molar-refractivity contribution in [1.29, 1.82) is 0 Å². The van der Waals surface area contributed by atoms with Crippen LogP contribution in [0.5, 0.6) is 0 Å². The molecule has 32 heavy (non-hydrogen) atoms. The van der Waals surface area contributed by atoms with Gasteiger partial charge in [-0.25, -0.2) is 0 Å². The Kier molecular flexibility index (Phi) is 7.32. The third-order valence-electron chi connectivity index (χ3n) is 7.79. The van der Waals surface area contributed by atoms with Crippen molar-refractivity contribution < 1.29 is 0 Å². The van der Waals surface area contributed by atoms with Crippen LogP contribution in [0.15, 0.2) is 24.3 Å². The normalized spacial score (nSPS) is 16.5. The summed E-state index contributed by atoms with van der Waals surface area (Å²) in [6.45, 7) is 18.1. The van der Waals surface area contributed by atoms with E-state index in [4.69, 9.17) is 11.5 Å². The molecule has 1 saturated carbocycles.